The number of amides is 1. The molecule has 0 bridgehead atoms. The molecule has 1 N–H and O–H groups in total. The monoisotopic (exact) mass is 341 g/mol. The van der Waals surface area contributed by atoms with Gasteiger partial charge in [0.1, 0.15) is 5.60 Å². The van der Waals surface area contributed by atoms with Crippen molar-refractivity contribution in [2.45, 2.75) is 32.5 Å². The van der Waals surface area contributed by atoms with Gasteiger partial charge < -0.3 is 4.74 Å². The lowest BCUT2D eigenvalue weighted by atomic mass is 10.1. The highest BCUT2D eigenvalue weighted by Gasteiger charge is 2.34. The third kappa shape index (κ3) is 4.50. The molecule has 0 saturated heterocycles. The van der Waals surface area contributed by atoms with Crippen LogP contribution in [-0.4, -0.2) is 21.5 Å². The summed E-state index contributed by atoms with van der Waals surface area (Å²) in [6, 6.07) is 7.35. The van der Waals surface area contributed by atoms with Gasteiger partial charge in [-0.1, -0.05) is 12.1 Å². The Hall–Kier alpha value is -2.51. The molecule has 0 aliphatic carbocycles. The molecule has 0 atom stereocenters. The minimum absolute atomic E-state index is 0.325. The van der Waals surface area contributed by atoms with E-state index in [1.165, 1.54) is 11.7 Å². The highest BCUT2D eigenvalue weighted by Crippen LogP contribution is 2.31. The second kappa shape index (κ2) is 6.18. The van der Waals surface area contributed by atoms with E-state index in [1.807, 2.05) is 0 Å². The van der Waals surface area contributed by atoms with E-state index in [0.717, 1.165) is 6.07 Å². The summed E-state index contributed by atoms with van der Waals surface area (Å²) in [5, 5.41) is 6.03. The fourth-order valence-electron chi connectivity index (χ4n) is 2.02. The quantitative estimate of drug-likeness (QED) is 0.878. The molecule has 0 unspecified atom stereocenters. The number of aromatic nitrogens is 2. The van der Waals surface area contributed by atoms with Gasteiger partial charge in [0, 0.05) is 12.7 Å². The Morgan fingerprint density at radius 2 is 1.75 bits per heavy atom. The van der Waals surface area contributed by atoms with Gasteiger partial charge in [0.2, 0.25) is 0 Å². The van der Waals surface area contributed by atoms with Crippen LogP contribution in [0.5, 0.6) is 0 Å². The molecule has 0 radical (unpaired) electrons. The molecule has 130 valence electrons. The van der Waals surface area contributed by atoms with Crippen LogP contribution in [0.1, 0.15) is 26.5 Å². The largest absolute Gasteiger partial charge is 0.444 e. The third-order valence-electron chi connectivity index (χ3n) is 3.00. The first-order chi connectivity index (χ1) is 11.0. The highest BCUT2D eigenvalue weighted by atomic mass is 19.4. The molecule has 0 fully saturated rings. The molecule has 1 heterocycles. The fraction of sp³-hybridized carbons (Fsp3) is 0.375. The Morgan fingerprint density at radius 1 is 1.17 bits per heavy atom. The molecule has 0 saturated carbocycles. The lowest BCUT2D eigenvalue weighted by molar-refractivity contribution is -0.141. The van der Waals surface area contributed by atoms with Crippen LogP contribution < -0.4 is 5.32 Å². The van der Waals surface area contributed by atoms with Gasteiger partial charge in [0.25, 0.3) is 0 Å². The van der Waals surface area contributed by atoms with Gasteiger partial charge in [-0.2, -0.15) is 18.3 Å². The van der Waals surface area contributed by atoms with Crippen LogP contribution >= 0.6 is 0 Å². The summed E-state index contributed by atoms with van der Waals surface area (Å²) >= 11 is 0. The number of benzene rings is 1. The van der Waals surface area contributed by atoms with Gasteiger partial charge >= 0.3 is 12.3 Å². The molecule has 5 nitrogen and oxygen atoms in total. The average molecular weight is 341 g/mol. The maximum absolute atomic E-state index is 12.7. The van der Waals surface area contributed by atoms with E-state index in [9.17, 15) is 18.0 Å². The summed E-state index contributed by atoms with van der Waals surface area (Å²) in [5.41, 5.74) is -0.212. The zero-order chi connectivity index (χ0) is 18.1. The number of nitrogens with one attached hydrogen (secondary N) is 1. The van der Waals surface area contributed by atoms with E-state index >= 15 is 0 Å². The molecular formula is C16H18F3N3O2. The van der Waals surface area contributed by atoms with E-state index in [-0.39, 0.29) is 0 Å². The highest BCUT2D eigenvalue weighted by molar-refractivity contribution is 5.85. The molecule has 2 rings (SSSR count). The predicted molar refractivity (Wildman–Crippen MR) is 83.5 cm³/mol. The molecule has 24 heavy (non-hydrogen) atoms. The lowest BCUT2D eigenvalue weighted by Crippen LogP contribution is -2.27. The lowest BCUT2D eigenvalue weighted by Gasteiger charge is -2.19. The third-order valence-corrected chi connectivity index (χ3v) is 3.00. The van der Waals surface area contributed by atoms with Crippen molar-refractivity contribution in [2.75, 3.05) is 5.32 Å². The summed E-state index contributed by atoms with van der Waals surface area (Å²) in [4.78, 5) is 11.7. The Balaban J connectivity index is 2.15. The average Bonchev–Trinajstić information content (AvgIpc) is 2.79. The molecule has 0 aliphatic heterocycles. The smallest absolute Gasteiger partial charge is 0.435 e. The zero-order valence-electron chi connectivity index (χ0n) is 13.7. The number of hydrogen-bond donors (Lipinski definition) is 1. The predicted octanol–water partition coefficient (Wildman–Crippen LogP) is 4.45. The number of carbonyl (C=O) groups excluding carboxylic acids is 1. The second-order valence-corrected chi connectivity index (χ2v) is 6.24. The van der Waals surface area contributed by atoms with E-state index in [2.05, 4.69) is 10.4 Å². The summed E-state index contributed by atoms with van der Waals surface area (Å²) in [7, 11) is 1.44. The number of carbonyl (C=O) groups is 1. The number of nitrogens with zero attached hydrogens (tertiary/aromatic N) is 2. The summed E-state index contributed by atoms with van der Waals surface area (Å²) in [6.07, 6.45) is -5.09. The Morgan fingerprint density at radius 3 is 2.21 bits per heavy atom. The number of halogens is 3. The van der Waals surface area contributed by atoms with E-state index in [1.54, 1.807) is 45.0 Å². The topological polar surface area (TPSA) is 56.2 Å². The summed E-state index contributed by atoms with van der Waals surface area (Å²) in [6.45, 7) is 5.24. The van der Waals surface area contributed by atoms with Crippen molar-refractivity contribution < 1.29 is 22.7 Å². The minimum atomic E-state index is -4.49. The number of rotatable bonds is 2. The number of aryl methyl sites for hydroxylation is 1. The van der Waals surface area contributed by atoms with Crippen molar-refractivity contribution in [2.24, 2.45) is 7.05 Å². The van der Waals surface area contributed by atoms with E-state index in [4.69, 9.17) is 4.74 Å². The maximum Gasteiger partial charge on any atom is 0.435 e. The minimum Gasteiger partial charge on any atom is -0.444 e. The molecule has 0 spiro atoms. The van der Waals surface area contributed by atoms with Crippen LogP contribution in [0.2, 0.25) is 0 Å². The van der Waals surface area contributed by atoms with E-state index in [0.29, 0.717) is 16.9 Å². The Kier molecular flexibility index (Phi) is 4.59. The van der Waals surface area contributed by atoms with Crippen LogP contribution in [0.3, 0.4) is 0 Å². The van der Waals surface area contributed by atoms with Gasteiger partial charge in [-0.15, -0.1) is 0 Å². The van der Waals surface area contributed by atoms with Gasteiger partial charge in [-0.25, -0.2) is 4.79 Å². The Labute approximate surface area is 137 Å². The first-order valence-corrected chi connectivity index (χ1v) is 7.17. The second-order valence-electron chi connectivity index (χ2n) is 6.24. The van der Waals surface area contributed by atoms with Crippen LogP contribution in [0.25, 0.3) is 11.3 Å². The number of hydrogen-bond acceptors (Lipinski definition) is 3. The molecule has 8 heteroatoms. The van der Waals surface area contributed by atoms with Crippen molar-refractivity contribution in [3.8, 4) is 11.3 Å². The van der Waals surface area contributed by atoms with Crippen molar-refractivity contribution in [1.29, 1.82) is 0 Å². The molecule has 1 aromatic carbocycles. The normalized spacial score (nSPS) is 12.1. The molecule has 2 aromatic rings. The summed E-state index contributed by atoms with van der Waals surface area (Å²) in [5.74, 6) is 0. The number of alkyl halides is 3. The maximum atomic E-state index is 12.7. The van der Waals surface area contributed by atoms with Crippen LogP contribution in [-0.2, 0) is 18.0 Å². The molecular weight excluding hydrogens is 323 g/mol. The van der Waals surface area contributed by atoms with Crippen molar-refractivity contribution in [3.05, 3.63) is 36.0 Å². The van der Waals surface area contributed by atoms with Crippen molar-refractivity contribution in [1.82, 2.24) is 9.78 Å². The summed E-state index contributed by atoms with van der Waals surface area (Å²) < 4.78 is 44.4. The molecule has 1 aromatic heterocycles. The number of ether oxygens (including phenoxy) is 1. The van der Waals surface area contributed by atoms with Crippen LogP contribution in [0.15, 0.2) is 30.3 Å². The van der Waals surface area contributed by atoms with Gasteiger partial charge in [-0.3, -0.25) is 10.00 Å². The standard InChI is InChI=1S/C16H18F3N3O2/c1-15(2,3)24-14(23)20-11-7-5-10(6-8-11)12-9-13(16(17,18)19)21-22(12)4/h5-9H,1-4H3,(H,20,23). The first kappa shape index (κ1) is 17.8. The van der Waals surface area contributed by atoms with Gasteiger partial charge in [0.05, 0.1) is 5.69 Å². The molecule has 1 amide bonds. The van der Waals surface area contributed by atoms with Gasteiger partial charge in [-0.05, 0) is 44.5 Å². The van der Waals surface area contributed by atoms with Crippen molar-refractivity contribution >= 4 is 11.8 Å². The van der Waals surface area contributed by atoms with E-state index < -0.39 is 23.6 Å². The SMILES string of the molecule is Cn1nc(C(F)(F)F)cc1-c1ccc(NC(=O)OC(C)(C)C)cc1. The molecule has 0 aliphatic rings. The zero-order valence-corrected chi connectivity index (χ0v) is 13.7. The number of anilines is 1. The van der Waals surface area contributed by atoms with Crippen LogP contribution in [0, 0.1) is 0 Å². The van der Waals surface area contributed by atoms with Crippen LogP contribution in [0.4, 0.5) is 23.7 Å². The fourth-order valence-corrected chi connectivity index (χ4v) is 2.02. The Bertz CT molecular complexity index is 729. The van der Waals surface area contributed by atoms with Gasteiger partial charge in [0.15, 0.2) is 5.69 Å². The van der Waals surface area contributed by atoms with Crippen molar-refractivity contribution in [3.63, 3.8) is 0 Å². The first-order valence-electron chi connectivity index (χ1n) is 7.17.